The van der Waals surface area contributed by atoms with Crippen molar-refractivity contribution in [3.05, 3.63) is 56.0 Å². The van der Waals surface area contributed by atoms with Gasteiger partial charge >= 0.3 is 5.97 Å². The predicted octanol–water partition coefficient (Wildman–Crippen LogP) is 5.51. The maximum absolute atomic E-state index is 11.2. The first-order chi connectivity index (χ1) is 9.38. The summed E-state index contributed by atoms with van der Waals surface area (Å²) in [6, 6.07) is 8.24. The van der Waals surface area contributed by atoms with Crippen LogP contribution in [0.1, 0.15) is 15.9 Å². The number of rotatable bonds is 3. The van der Waals surface area contributed by atoms with Gasteiger partial charge in [0.05, 0.1) is 16.9 Å². The van der Waals surface area contributed by atoms with Crippen LogP contribution in [0.15, 0.2) is 34.8 Å². The monoisotopic (exact) mass is 373 g/mol. The summed E-state index contributed by atoms with van der Waals surface area (Å²) in [6.07, 6.45) is 0. The fraction of sp³-hybridized carbons (Fsp3) is 0.0714. The number of aromatic carboxylic acids is 1. The molecule has 0 amide bonds. The molecule has 3 nitrogen and oxygen atoms in total. The third-order valence-electron chi connectivity index (χ3n) is 2.73. The van der Waals surface area contributed by atoms with Crippen LogP contribution in [-0.2, 0) is 0 Å². The molecule has 2 aromatic rings. The van der Waals surface area contributed by atoms with Gasteiger partial charge in [-0.25, -0.2) is 4.79 Å². The lowest BCUT2D eigenvalue weighted by Crippen LogP contribution is -2.03. The zero-order valence-corrected chi connectivity index (χ0v) is 13.5. The second-order valence-corrected chi connectivity index (χ2v) is 5.90. The number of carbonyl (C=O) groups is 1. The first kappa shape index (κ1) is 15.2. The van der Waals surface area contributed by atoms with Gasteiger partial charge in [0.2, 0.25) is 0 Å². The van der Waals surface area contributed by atoms with Gasteiger partial charge in [-0.05, 0) is 58.7 Å². The van der Waals surface area contributed by atoms with Crippen molar-refractivity contribution in [3.8, 4) is 0 Å². The average Bonchev–Trinajstić information content (AvgIpc) is 2.37. The number of aryl methyl sites for hydroxylation is 1. The van der Waals surface area contributed by atoms with E-state index in [1.165, 1.54) is 6.07 Å². The first-order valence-corrected chi connectivity index (χ1v) is 7.19. The average molecular weight is 375 g/mol. The Balaban J connectivity index is 2.45. The summed E-state index contributed by atoms with van der Waals surface area (Å²) in [7, 11) is 0. The number of benzene rings is 2. The molecule has 2 N–H and O–H groups in total. The van der Waals surface area contributed by atoms with E-state index in [9.17, 15) is 9.90 Å². The van der Waals surface area contributed by atoms with Gasteiger partial charge in [0, 0.05) is 14.5 Å². The molecule has 0 aromatic heterocycles. The summed E-state index contributed by atoms with van der Waals surface area (Å²) in [5.74, 6) is -1.05. The Kier molecular flexibility index (Phi) is 4.58. The maximum atomic E-state index is 11.2. The lowest BCUT2D eigenvalue weighted by Gasteiger charge is -2.13. The highest BCUT2D eigenvalue weighted by atomic mass is 79.9. The molecule has 104 valence electrons. The third-order valence-corrected chi connectivity index (χ3v) is 4.03. The molecule has 6 heteroatoms. The van der Waals surface area contributed by atoms with Gasteiger partial charge in [0.1, 0.15) is 0 Å². The summed E-state index contributed by atoms with van der Waals surface area (Å²) >= 11 is 15.3. The van der Waals surface area contributed by atoms with Crippen molar-refractivity contribution in [1.82, 2.24) is 0 Å². The molecule has 20 heavy (non-hydrogen) atoms. The highest BCUT2D eigenvalue weighted by Gasteiger charge is 2.12. The molecule has 0 fully saturated rings. The minimum absolute atomic E-state index is 0.0982. The van der Waals surface area contributed by atoms with Crippen molar-refractivity contribution in [3.63, 3.8) is 0 Å². The Hall–Kier alpha value is -1.23. The van der Waals surface area contributed by atoms with Crippen LogP contribution in [0, 0.1) is 6.92 Å². The lowest BCUT2D eigenvalue weighted by molar-refractivity contribution is 0.0698. The Bertz CT molecular complexity index is 689. The summed E-state index contributed by atoms with van der Waals surface area (Å²) < 4.78 is 0.797. The predicted molar refractivity (Wildman–Crippen MR) is 85.6 cm³/mol. The van der Waals surface area contributed by atoms with Crippen molar-refractivity contribution >= 4 is 56.5 Å². The zero-order valence-electron chi connectivity index (χ0n) is 10.4. The second-order valence-electron chi connectivity index (χ2n) is 4.20. The summed E-state index contributed by atoms with van der Waals surface area (Å²) in [5.41, 5.74) is 2.16. The molecule has 0 heterocycles. The van der Waals surface area contributed by atoms with E-state index in [0.717, 1.165) is 10.0 Å². The molecule has 0 unspecified atom stereocenters. The molecule has 0 aliphatic heterocycles. The molecule has 0 saturated heterocycles. The van der Waals surface area contributed by atoms with Gasteiger partial charge < -0.3 is 10.4 Å². The van der Waals surface area contributed by atoms with Crippen molar-refractivity contribution in [2.75, 3.05) is 5.32 Å². The van der Waals surface area contributed by atoms with Crippen LogP contribution >= 0.6 is 39.1 Å². The summed E-state index contributed by atoms with van der Waals surface area (Å²) in [4.78, 5) is 11.2. The van der Waals surface area contributed by atoms with E-state index in [-0.39, 0.29) is 5.56 Å². The fourth-order valence-corrected chi connectivity index (χ4v) is 2.58. The number of hydrogen-bond acceptors (Lipinski definition) is 2. The number of carboxylic acids is 1. The van der Waals surface area contributed by atoms with Crippen LogP contribution in [0.25, 0.3) is 0 Å². The number of anilines is 2. The van der Waals surface area contributed by atoms with Crippen molar-refractivity contribution in [2.45, 2.75) is 6.92 Å². The van der Waals surface area contributed by atoms with Crippen molar-refractivity contribution < 1.29 is 9.90 Å². The summed E-state index contributed by atoms with van der Waals surface area (Å²) in [5, 5.41) is 13.2. The highest BCUT2D eigenvalue weighted by molar-refractivity contribution is 9.10. The number of nitrogens with one attached hydrogen (secondary N) is 1. The van der Waals surface area contributed by atoms with Gasteiger partial charge in [-0.15, -0.1) is 0 Å². The SMILES string of the molecule is Cc1cc(Br)c(Nc2ccc(Cl)cc2C(=O)O)cc1Cl. The van der Waals surface area contributed by atoms with E-state index < -0.39 is 5.97 Å². The van der Waals surface area contributed by atoms with Gasteiger partial charge in [0.15, 0.2) is 0 Å². The minimum atomic E-state index is -1.05. The normalized spacial score (nSPS) is 10.4. The van der Waals surface area contributed by atoms with Crippen LogP contribution in [-0.4, -0.2) is 11.1 Å². The Labute approximate surface area is 134 Å². The molecule has 0 aliphatic rings. The summed E-state index contributed by atoms with van der Waals surface area (Å²) in [6.45, 7) is 1.89. The quantitative estimate of drug-likeness (QED) is 0.744. The largest absolute Gasteiger partial charge is 0.478 e. The number of carboxylic acid groups (broad SMARTS) is 1. The van der Waals surface area contributed by atoms with E-state index in [2.05, 4.69) is 21.2 Å². The second kappa shape index (κ2) is 6.04. The Morgan fingerprint density at radius 2 is 1.90 bits per heavy atom. The maximum Gasteiger partial charge on any atom is 0.337 e. The highest BCUT2D eigenvalue weighted by Crippen LogP contribution is 2.33. The number of hydrogen-bond donors (Lipinski definition) is 2. The molecule has 2 aromatic carbocycles. The van der Waals surface area contributed by atoms with Gasteiger partial charge in [-0.2, -0.15) is 0 Å². The van der Waals surface area contributed by atoms with E-state index in [1.54, 1.807) is 18.2 Å². The molecule has 0 radical (unpaired) electrons. The Morgan fingerprint density at radius 3 is 2.55 bits per heavy atom. The van der Waals surface area contributed by atoms with Crippen molar-refractivity contribution in [1.29, 1.82) is 0 Å². The molecule has 0 atom stereocenters. The zero-order chi connectivity index (χ0) is 14.9. The molecular formula is C14H10BrCl2NO2. The van der Waals surface area contributed by atoms with Crippen LogP contribution in [0.5, 0.6) is 0 Å². The molecule has 0 aliphatic carbocycles. The smallest absolute Gasteiger partial charge is 0.337 e. The molecule has 0 spiro atoms. The molecule has 0 saturated carbocycles. The third kappa shape index (κ3) is 3.26. The van der Waals surface area contributed by atoms with E-state index in [1.807, 2.05) is 13.0 Å². The number of halogens is 3. The van der Waals surface area contributed by atoms with E-state index in [4.69, 9.17) is 23.2 Å². The van der Waals surface area contributed by atoms with Gasteiger partial charge in [-0.1, -0.05) is 23.2 Å². The van der Waals surface area contributed by atoms with Crippen LogP contribution < -0.4 is 5.32 Å². The fourth-order valence-electron chi connectivity index (χ4n) is 1.69. The Morgan fingerprint density at radius 1 is 1.20 bits per heavy atom. The van der Waals surface area contributed by atoms with Crippen molar-refractivity contribution in [2.24, 2.45) is 0 Å². The first-order valence-electron chi connectivity index (χ1n) is 5.64. The van der Waals surface area contributed by atoms with Crippen LogP contribution in [0.2, 0.25) is 10.0 Å². The van der Waals surface area contributed by atoms with Crippen LogP contribution in [0.4, 0.5) is 11.4 Å². The molecule has 2 rings (SSSR count). The van der Waals surface area contributed by atoms with Gasteiger partial charge in [0.25, 0.3) is 0 Å². The topological polar surface area (TPSA) is 49.3 Å². The minimum Gasteiger partial charge on any atom is -0.478 e. The molecular weight excluding hydrogens is 365 g/mol. The molecule has 0 bridgehead atoms. The standard InChI is InChI=1S/C14H10BrCl2NO2/c1-7-4-10(15)13(6-11(7)17)18-12-3-2-8(16)5-9(12)14(19)20/h2-6,18H,1H3,(H,19,20). The van der Waals surface area contributed by atoms with E-state index in [0.29, 0.717) is 21.4 Å². The van der Waals surface area contributed by atoms with Gasteiger partial charge in [-0.3, -0.25) is 0 Å². The lowest BCUT2D eigenvalue weighted by atomic mass is 10.1. The van der Waals surface area contributed by atoms with E-state index >= 15 is 0 Å². The van der Waals surface area contributed by atoms with Crippen LogP contribution in [0.3, 0.4) is 0 Å².